The maximum Gasteiger partial charge on any atom is 0.227 e. The van der Waals surface area contributed by atoms with Crippen molar-refractivity contribution in [3.05, 3.63) is 5.82 Å². The molecule has 0 radical (unpaired) electrons. The second-order valence-electron chi connectivity index (χ2n) is 5.36. The minimum Gasteiger partial charge on any atom is -0.396 e. The van der Waals surface area contributed by atoms with E-state index in [1.165, 1.54) is 0 Å². The smallest absolute Gasteiger partial charge is 0.227 e. The van der Waals surface area contributed by atoms with Gasteiger partial charge in [0.2, 0.25) is 11.9 Å². The highest BCUT2D eigenvalue weighted by Crippen LogP contribution is 2.48. The van der Waals surface area contributed by atoms with Crippen molar-refractivity contribution in [1.29, 1.82) is 0 Å². The number of aliphatic hydroxyl groups is 1. The van der Waals surface area contributed by atoms with Crippen LogP contribution in [-0.4, -0.2) is 33.2 Å². The third kappa shape index (κ3) is 3.07. The molecule has 1 fully saturated rings. The molecular formula is C12H21N5O. The Bertz CT molecular complexity index is 417. The number of nitrogens with one attached hydrogen (secondary N) is 1. The Morgan fingerprint density at radius 1 is 1.33 bits per heavy atom. The minimum atomic E-state index is 0.225. The maximum atomic E-state index is 9.01. The molecule has 4 N–H and O–H groups in total. The standard InChI is InChI=1S/C12H21N5O/c1-8(2)9-15-10(13)17-11(16-9)14-7-12(3-4-12)5-6-18/h8,18H,3-7H2,1-2H3,(H3,13,14,15,16,17). The zero-order valence-electron chi connectivity index (χ0n) is 11.0. The van der Waals surface area contributed by atoms with Crippen LogP contribution in [0.25, 0.3) is 0 Å². The van der Waals surface area contributed by atoms with Crippen LogP contribution in [0.1, 0.15) is 44.9 Å². The van der Waals surface area contributed by atoms with E-state index in [-0.39, 0.29) is 23.9 Å². The Hall–Kier alpha value is -1.43. The van der Waals surface area contributed by atoms with Crippen LogP contribution in [0.4, 0.5) is 11.9 Å². The number of nitrogen functional groups attached to an aromatic ring is 1. The summed E-state index contributed by atoms with van der Waals surface area (Å²) >= 11 is 0. The van der Waals surface area contributed by atoms with Crippen LogP contribution >= 0.6 is 0 Å². The average Bonchev–Trinajstić information content (AvgIpc) is 3.07. The molecule has 6 nitrogen and oxygen atoms in total. The van der Waals surface area contributed by atoms with Gasteiger partial charge in [0, 0.05) is 19.1 Å². The summed E-state index contributed by atoms with van der Waals surface area (Å²) in [5, 5.41) is 12.2. The molecule has 0 unspecified atom stereocenters. The summed E-state index contributed by atoms with van der Waals surface area (Å²) in [6.07, 6.45) is 3.13. The van der Waals surface area contributed by atoms with E-state index in [0.29, 0.717) is 11.8 Å². The van der Waals surface area contributed by atoms with E-state index in [1.54, 1.807) is 0 Å². The third-order valence-electron chi connectivity index (χ3n) is 3.41. The maximum absolute atomic E-state index is 9.01. The van der Waals surface area contributed by atoms with Gasteiger partial charge in [0.05, 0.1) is 0 Å². The Kier molecular flexibility index (Phi) is 3.65. The molecule has 1 saturated carbocycles. The van der Waals surface area contributed by atoms with Crippen molar-refractivity contribution >= 4 is 11.9 Å². The Morgan fingerprint density at radius 2 is 2.06 bits per heavy atom. The fraction of sp³-hybridized carbons (Fsp3) is 0.750. The molecule has 0 aromatic carbocycles. The van der Waals surface area contributed by atoms with Gasteiger partial charge in [-0.3, -0.25) is 0 Å². The first-order chi connectivity index (χ1) is 8.54. The van der Waals surface area contributed by atoms with E-state index in [2.05, 4.69) is 20.3 Å². The monoisotopic (exact) mass is 251 g/mol. The van der Waals surface area contributed by atoms with E-state index in [0.717, 1.165) is 25.8 Å². The predicted molar refractivity (Wildman–Crippen MR) is 70.2 cm³/mol. The summed E-state index contributed by atoms with van der Waals surface area (Å²) in [4.78, 5) is 12.5. The molecule has 1 aliphatic carbocycles. The van der Waals surface area contributed by atoms with E-state index in [9.17, 15) is 0 Å². The van der Waals surface area contributed by atoms with Gasteiger partial charge in [0.25, 0.3) is 0 Å². The number of aliphatic hydroxyl groups excluding tert-OH is 1. The zero-order chi connectivity index (χ0) is 13.2. The lowest BCUT2D eigenvalue weighted by Gasteiger charge is -2.15. The fourth-order valence-electron chi connectivity index (χ4n) is 1.94. The fourth-order valence-corrected chi connectivity index (χ4v) is 1.94. The van der Waals surface area contributed by atoms with Crippen molar-refractivity contribution in [1.82, 2.24) is 15.0 Å². The lowest BCUT2D eigenvalue weighted by atomic mass is 10.0. The predicted octanol–water partition coefficient (Wildman–Crippen LogP) is 1.15. The van der Waals surface area contributed by atoms with Crippen molar-refractivity contribution in [2.75, 3.05) is 24.2 Å². The summed E-state index contributed by atoms with van der Waals surface area (Å²) < 4.78 is 0. The number of hydrogen-bond acceptors (Lipinski definition) is 6. The van der Waals surface area contributed by atoms with Gasteiger partial charge in [-0.15, -0.1) is 0 Å². The first kappa shape index (κ1) is 13.0. The molecule has 0 amide bonds. The quantitative estimate of drug-likeness (QED) is 0.701. The summed E-state index contributed by atoms with van der Waals surface area (Å²) in [5.41, 5.74) is 5.90. The largest absolute Gasteiger partial charge is 0.396 e. The molecule has 6 heteroatoms. The van der Waals surface area contributed by atoms with E-state index in [1.807, 2.05) is 13.8 Å². The van der Waals surface area contributed by atoms with Crippen molar-refractivity contribution in [3.8, 4) is 0 Å². The molecule has 100 valence electrons. The highest BCUT2D eigenvalue weighted by molar-refractivity contribution is 5.32. The minimum absolute atomic E-state index is 0.225. The lowest BCUT2D eigenvalue weighted by molar-refractivity contribution is 0.253. The first-order valence-electron chi connectivity index (χ1n) is 6.41. The van der Waals surface area contributed by atoms with Gasteiger partial charge < -0.3 is 16.2 Å². The van der Waals surface area contributed by atoms with Crippen LogP contribution < -0.4 is 11.1 Å². The van der Waals surface area contributed by atoms with Crippen LogP contribution in [0, 0.1) is 5.41 Å². The number of anilines is 2. The SMILES string of the molecule is CC(C)c1nc(N)nc(NCC2(CCO)CC2)n1. The molecular weight excluding hydrogens is 230 g/mol. The van der Waals surface area contributed by atoms with Crippen LogP contribution in [0.15, 0.2) is 0 Å². The van der Waals surface area contributed by atoms with Crippen molar-refractivity contribution < 1.29 is 5.11 Å². The van der Waals surface area contributed by atoms with Gasteiger partial charge in [0.1, 0.15) is 5.82 Å². The van der Waals surface area contributed by atoms with Crippen LogP contribution in [-0.2, 0) is 0 Å². The molecule has 0 saturated heterocycles. The van der Waals surface area contributed by atoms with Gasteiger partial charge in [-0.2, -0.15) is 15.0 Å². The molecule has 1 heterocycles. The van der Waals surface area contributed by atoms with Crippen molar-refractivity contribution in [2.45, 2.75) is 39.0 Å². The molecule has 0 bridgehead atoms. The van der Waals surface area contributed by atoms with Crippen LogP contribution in [0.3, 0.4) is 0 Å². The van der Waals surface area contributed by atoms with E-state index in [4.69, 9.17) is 10.8 Å². The Balaban J connectivity index is 2.01. The third-order valence-corrected chi connectivity index (χ3v) is 3.41. The molecule has 0 spiro atoms. The van der Waals surface area contributed by atoms with Gasteiger partial charge in [-0.25, -0.2) is 0 Å². The summed E-state index contributed by atoms with van der Waals surface area (Å²) in [6.45, 7) is 5.06. The molecule has 1 aromatic rings. The molecule has 0 atom stereocenters. The second kappa shape index (κ2) is 5.06. The number of hydrogen-bond donors (Lipinski definition) is 3. The molecule has 18 heavy (non-hydrogen) atoms. The summed E-state index contributed by atoms with van der Waals surface area (Å²) in [7, 11) is 0. The van der Waals surface area contributed by atoms with Crippen LogP contribution in [0.5, 0.6) is 0 Å². The topological polar surface area (TPSA) is 97.0 Å². The average molecular weight is 251 g/mol. The summed E-state index contributed by atoms with van der Waals surface area (Å²) in [5.74, 6) is 1.72. The number of aromatic nitrogens is 3. The van der Waals surface area contributed by atoms with Gasteiger partial charge in [0.15, 0.2) is 0 Å². The number of rotatable bonds is 6. The van der Waals surface area contributed by atoms with Crippen molar-refractivity contribution in [3.63, 3.8) is 0 Å². The van der Waals surface area contributed by atoms with Gasteiger partial charge >= 0.3 is 0 Å². The van der Waals surface area contributed by atoms with Gasteiger partial charge in [-0.05, 0) is 24.7 Å². The second-order valence-corrected chi connectivity index (χ2v) is 5.36. The molecule has 2 rings (SSSR count). The summed E-state index contributed by atoms with van der Waals surface area (Å²) in [6, 6.07) is 0. The van der Waals surface area contributed by atoms with Crippen LogP contribution in [0.2, 0.25) is 0 Å². The number of nitrogens with two attached hydrogens (primary N) is 1. The molecule has 0 aliphatic heterocycles. The highest BCUT2D eigenvalue weighted by atomic mass is 16.3. The number of nitrogens with zero attached hydrogens (tertiary/aromatic N) is 3. The Morgan fingerprint density at radius 3 is 2.61 bits per heavy atom. The highest BCUT2D eigenvalue weighted by Gasteiger charge is 2.41. The van der Waals surface area contributed by atoms with E-state index >= 15 is 0 Å². The lowest BCUT2D eigenvalue weighted by Crippen LogP contribution is -2.19. The normalized spacial score (nSPS) is 16.9. The Labute approximate surface area is 107 Å². The molecule has 1 aliphatic rings. The van der Waals surface area contributed by atoms with Crippen molar-refractivity contribution in [2.24, 2.45) is 5.41 Å². The van der Waals surface area contributed by atoms with E-state index < -0.39 is 0 Å². The first-order valence-corrected chi connectivity index (χ1v) is 6.41. The molecule has 1 aromatic heterocycles. The zero-order valence-corrected chi connectivity index (χ0v) is 11.0. The van der Waals surface area contributed by atoms with Gasteiger partial charge in [-0.1, -0.05) is 13.8 Å².